The van der Waals surface area contributed by atoms with Gasteiger partial charge in [0.15, 0.2) is 6.10 Å². The summed E-state index contributed by atoms with van der Waals surface area (Å²) in [6.45, 7) is 5.45. The quantitative estimate of drug-likeness (QED) is 0.441. The van der Waals surface area contributed by atoms with Gasteiger partial charge in [0.2, 0.25) is 0 Å². The van der Waals surface area contributed by atoms with Crippen molar-refractivity contribution in [3.05, 3.63) is 100 Å². The Morgan fingerprint density at radius 2 is 1.62 bits per heavy atom. The molecule has 1 heterocycles. The van der Waals surface area contributed by atoms with Crippen LogP contribution in [-0.2, 0) is 16.1 Å². The van der Waals surface area contributed by atoms with Gasteiger partial charge >= 0.3 is 5.97 Å². The number of amides is 3. The smallest absolute Gasteiger partial charge is 0.338 e. The van der Waals surface area contributed by atoms with E-state index in [1.807, 2.05) is 56.3 Å². The number of benzene rings is 3. The second-order valence-corrected chi connectivity index (χ2v) is 8.23. The molecule has 0 aliphatic carbocycles. The van der Waals surface area contributed by atoms with Gasteiger partial charge < -0.3 is 10.1 Å². The van der Waals surface area contributed by atoms with Gasteiger partial charge in [-0.3, -0.25) is 19.3 Å². The molecule has 7 heteroatoms. The Labute approximate surface area is 197 Å². The molecule has 34 heavy (non-hydrogen) atoms. The number of esters is 1. The van der Waals surface area contributed by atoms with Gasteiger partial charge in [0.1, 0.15) is 0 Å². The molecule has 4 rings (SSSR count). The second-order valence-electron chi connectivity index (χ2n) is 8.23. The first-order valence-electron chi connectivity index (χ1n) is 10.9. The zero-order valence-corrected chi connectivity index (χ0v) is 19.1. The molecule has 1 atom stereocenters. The Bertz CT molecular complexity index is 1300. The fourth-order valence-corrected chi connectivity index (χ4v) is 3.73. The summed E-state index contributed by atoms with van der Waals surface area (Å²) in [7, 11) is 0. The molecule has 0 fully saturated rings. The van der Waals surface area contributed by atoms with Crippen molar-refractivity contribution in [2.24, 2.45) is 0 Å². The zero-order valence-electron chi connectivity index (χ0n) is 19.1. The summed E-state index contributed by atoms with van der Waals surface area (Å²) in [4.78, 5) is 52.0. The number of fused-ring (bicyclic) bond motifs is 1. The maximum Gasteiger partial charge on any atom is 0.338 e. The topological polar surface area (TPSA) is 92.8 Å². The molecule has 0 spiro atoms. The van der Waals surface area contributed by atoms with E-state index in [0.29, 0.717) is 5.69 Å². The van der Waals surface area contributed by atoms with Crippen LogP contribution in [0.25, 0.3) is 0 Å². The van der Waals surface area contributed by atoms with Crippen molar-refractivity contribution in [1.29, 1.82) is 0 Å². The van der Waals surface area contributed by atoms with E-state index in [0.717, 1.165) is 21.6 Å². The molecule has 0 saturated heterocycles. The number of imide groups is 1. The molecule has 172 valence electrons. The van der Waals surface area contributed by atoms with Crippen LogP contribution in [0, 0.1) is 13.8 Å². The standard InChI is InChI=1S/C27H24N2O5/c1-16-8-7-11-23(17(16)2)28-24(30)18(3)34-27(33)20-12-13-21-22(14-20)26(32)29(25(21)31)15-19-9-5-4-6-10-19/h4-14,18H,15H2,1-3H3,(H,28,30). The Morgan fingerprint density at radius 3 is 2.35 bits per heavy atom. The average molecular weight is 456 g/mol. The van der Waals surface area contributed by atoms with Crippen molar-refractivity contribution < 1.29 is 23.9 Å². The summed E-state index contributed by atoms with van der Waals surface area (Å²) in [5, 5.41) is 2.77. The van der Waals surface area contributed by atoms with Gasteiger partial charge in [-0.2, -0.15) is 0 Å². The van der Waals surface area contributed by atoms with Crippen LogP contribution >= 0.6 is 0 Å². The number of ether oxygens (including phenoxy) is 1. The van der Waals surface area contributed by atoms with Crippen molar-refractivity contribution in [2.75, 3.05) is 5.32 Å². The normalized spacial score (nSPS) is 13.4. The van der Waals surface area contributed by atoms with Crippen molar-refractivity contribution in [3.63, 3.8) is 0 Å². The van der Waals surface area contributed by atoms with E-state index >= 15 is 0 Å². The monoisotopic (exact) mass is 456 g/mol. The first-order chi connectivity index (χ1) is 16.3. The van der Waals surface area contributed by atoms with Gasteiger partial charge in [0, 0.05) is 5.69 Å². The maximum absolute atomic E-state index is 12.9. The Morgan fingerprint density at radius 1 is 0.912 bits per heavy atom. The molecule has 3 aromatic carbocycles. The van der Waals surface area contributed by atoms with Crippen LogP contribution in [0.2, 0.25) is 0 Å². The average Bonchev–Trinajstić information content (AvgIpc) is 3.06. The molecule has 0 aromatic heterocycles. The summed E-state index contributed by atoms with van der Waals surface area (Å²) < 4.78 is 5.32. The first-order valence-corrected chi connectivity index (χ1v) is 10.9. The van der Waals surface area contributed by atoms with E-state index < -0.39 is 29.8 Å². The fraction of sp³-hybridized carbons (Fsp3) is 0.185. The predicted molar refractivity (Wildman–Crippen MR) is 127 cm³/mol. The Hall–Kier alpha value is -4.26. The predicted octanol–water partition coefficient (Wildman–Crippen LogP) is 4.28. The van der Waals surface area contributed by atoms with Gasteiger partial charge in [0.25, 0.3) is 17.7 Å². The number of carbonyl (C=O) groups excluding carboxylic acids is 4. The summed E-state index contributed by atoms with van der Waals surface area (Å²) in [6, 6.07) is 18.9. The van der Waals surface area contributed by atoms with Gasteiger partial charge in [0.05, 0.1) is 23.2 Å². The summed E-state index contributed by atoms with van der Waals surface area (Å²) >= 11 is 0. The van der Waals surface area contributed by atoms with Crippen molar-refractivity contribution in [2.45, 2.75) is 33.4 Å². The third kappa shape index (κ3) is 4.45. The number of hydrogen-bond acceptors (Lipinski definition) is 5. The van der Waals surface area contributed by atoms with Crippen LogP contribution in [0.4, 0.5) is 5.69 Å². The number of carbonyl (C=O) groups is 4. The summed E-state index contributed by atoms with van der Waals surface area (Å²) in [6.07, 6.45) is -1.06. The lowest BCUT2D eigenvalue weighted by molar-refractivity contribution is -0.123. The van der Waals surface area contributed by atoms with Gasteiger partial charge in [-0.15, -0.1) is 0 Å². The first kappa shape index (κ1) is 22.9. The number of aryl methyl sites for hydroxylation is 1. The van der Waals surface area contributed by atoms with Crippen LogP contribution in [0.1, 0.15) is 54.7 Å². The van der Waals surface area contributed by atoms with E-state index in [9.17, 15) is 19.2 Å². The fourth-order valence-electron chi connectivity index (χ4n) is 3.73. The summed E-state index contributed by atoms with van der Waals surface area (Å²) in [5.74, 6) is -2.11. The lowest BCUT2D eigenvalue weighted by Crippen LogP contribution is -2.30. The molecule has 7 nitrogen and oxygen atoms in total. The van der Waals surface area contributed by atoms with Crippen LogP contribution in [-0.4, -0.2) is 34.7 Å². The summed E-state index contributed by atoms with van der Waals surface area (Å²) in [5.41, 5.74) is 3.89. The molecule has 0 saturated carbocycles. The molecule has 3 amide bonds. The van der Waals surface area contributed by atoms with Crippen LogP contribution < -0.4 is 5.32 Å². The van der Waals surface area contributed by atoms with Crippen LogP contribution in [0.5, 0.6) is 0 Å². The van der Waals surface area contributed by atoms with E-state index in [4.69, 9.17) is 4.74 Å². The molecule has 0 radical (unpaired) electrons. The van der Waals surface area contributed by atoms with Crippen LogP contribution in [0.15, 0.2) is 66.7 Å². The lowest BCUT2D eigenvalue weighted by Gasteiger charge is -2.15. The Kier molecular flexibility index (Phi) is 6.27. The number of nitrogens with one attached hydrogen (secondary N) is 1. The van der Waals surface area contributed by atoms with E-state index in [1.54, 1.807) is 6.07 Å². The van der Waals surface area contributed by atoms with Crippen molar-refractivity contribution >= 4 is 29.4 Å². The van der Waals surface area contributed by atoms with Crippen molar-refractivity contribution in [3.8, 4) is 0 Å². The van der Waals surface area contributed by atoms with E-state index in [1.165, 1.54) is 25.1 Å². The number of rotatable bonds is 6. The molecule has 0 bridgehead atoms. The highest BCUT2D eigenvalue weighted by Gasteiger charge is 2.36. The number of hydrogen-bond donors (Lipinski definition) is 1. The van der Waals surface area contributed by atoms with Crippen LogP contribution in [0.3, 0.4) is 0 Å². The number of anilines is 1. The Balaban J connectivity index is 1.45. The van der Waals surface area contributed by atoms with E-state index in [-0.39, 0.29) is 23.2 Å². The highest BCUT2D eigenvalue weighted by Crippen LogP contribution is 2.26. The largest absolute Gasteiger partial charge is 0.449 e. The van der Waals surface area contributed by atoms with Crippen molar-refractivity contribution in [1.82, 2.24) is 4.90 Å². The minimum Gasteiger partial charge on any atom is -0.449 e. The van der Waals surface area contributed by atoms with Gasteiger partial charge in [-0.05, 0) is 61.7 Å². The highest BCUT2D eigenvalue weighted by atomic mass is 16.5. The maximum atomic E-state index is 12.9. The lowest BCUT2D eigenvalue weighted by atomic mass is 10.1. The zero-order chi connectivity index (χ0) is 24.4. The third-order valence-electron chi connectivity index (χ3n) is 5.91. The van der Waals surface area contributed by atoms with Gasteiger partial charge in [-0.1, -0.05) is 42.5 Å². The molecule has 1 aliphatic rings. The molecule has 1 unspecified atom stereocenters. The minimum absolute atomic E-state index is 0.0906. The number of nitrogens with zero attached hydrogens (tertiary/aromatic N) is 1. The van der Waals surface area contributed by atoms with E-state index in [2.05, 4.69) is 5.32 Å². The molecule has 1 aliphatic heterocycles. The second kappa shape index (κ2) is 9.31. The highest BCUT2D eigenvalue weighted by molar-refractivity contribution is 6.21. The van der Waals surface area contributed by atoms with Gasteiger partial charge in [-0.25, -0.2) is 4.79 Å². The SMILES string of the molecule is Cc1cccc(NC(=O)C(C)OC(=O)c2ccc3c(c2)C(=O)N(Cc2ccccc2)C3=O)c1C. The minimum atomic E-state index is -1.06. The molecular weight excluding hydrogens is 432 g/mol. The third-order valence-corrected chi connectivity index (χ3v) is 5.91. The molecular formula is C27H24N2O5. The molecule has 1 N–H and O–H groups in total. The molecule has 3 aromatic rings.